The highest BCUT2D eigenvalue weighted by Gasteiger charge is 2.20. The molecule has 0 rings (SSSR count). The van der Waals surface area contributed by atoms with Crippen molar-refractivity contribution in [2.45, 2.75) is 13.8 Å². The zero-order valence-corrected chi connectivity index (χ0v) is 9.33. The number of rotatable bonds is 4. The second-order valence-corrected chi connectivity index (χ2v) is 3.70. The van der Waals surface area contributed by atoms with Crippen LogP contribution in [0, 0.1) is 0 Å². The van der Waals surface area contributed by atoms with Gasteiger partial charge in [-0.3, -0.25) is 9.42 Å². The average Bonchev–Trinajstić information content (AvgIpc) is 1.86. The lowest BCUT2D eigenvalue weighted by atomic mass is 10.7. The van der Waals surface area contributed by atoms with E-state index < -0.39 is 7.82 Å². The molecule has 1 atom stereocenters. The molecule has 0 aromatic rings. The molecule has 0 aromatic heterocycles. The van der Waals surface area contributed by atoms with E-state index in [1.807, 2.05) is 22.6 Å². The van der Waals surface area contributed by atoms with Gasteiger partial charge in [0.25, 0.3) is 0 Å². The minimum absolute atomic E-state index is 0.155. The molecule has 0 bridgehead atoms. The molecule has 0 heterocycles. The zero-order valence-electron chi connectivity index (χ0n) is 6.28. The van der Waals surface area contributed by atoms with Crippen molar-refractivity contribution in [1.29, 1.82) is 0 Å². The number of phosphoric ester groups is 1. The van der Waals surface area contributed by atoms with Gasteiger partial charge in [0.05, 0.1) is 6.61 Å². The Morgan fingerprint density at radius 2 is 2.36 bits per heavy atom. The Morgan fingerprint density at radius 3 is 2.73 bits per heavy atom. The highest BCUT2D eigenvalue weighted by atomic mass is 127. The summed E-state index contributed by atoms with van der Waals surface area (Å²) in [6.07, 6.45) is 0. The lowest BCUT2D eigenvalue weighted by Crippen LogP contribution is -1.92. The Balaban J connectivity index is 4.02. The quantitative estimate of drug-likeness (QED) is 0.491. The van der Waals surface area contributed by atoms with E-state index in [1.165, 1.54) is 0 Å². The first kappa shape index (κ1) is 11.4. The van der Waals surface area contributed by atoms with Gasteiger partial charge in [0.2, 0.25) is 0 Å². The molecule has 0 radical (unpaired) electrons. The average molecular weight is 292 g/mol. The van der Waals surface area contributed by atoms with Crippen LogP contribution in [-0.2, 0) is 13.6 Å². The minimum atomic E-state index is -3.84. The van der Waals surface area contributed by atoms with Gasteiger partial charge in [0.1, 0.15) is 5.76 Å². The van der Waals surface area contributed by atoms with Crippen molar-refractivity contribution >= 4 is 30.4 Å². The second kappa shape index (κ2) is 5.13. The summed E-state index contributed by atoms with van der Waals surface area (Å²) in [5, 5.41) is 0. The summed E-state index contributed by atoms with van der Waals surface area (Å²) in [6.45, 7) is 3.35. The highest BCUT2D eigenvalue weighted by molar-refractivity contribution is 14.1. The zero-order chi connectivity index (χ0) is 8.91. The van der Waals surface area contributed by atoms with Crippen LogP contribution in [0.4, 0.5) is 0 Å². The van der Waals surface area contributed by atoms with Gasteiger partial charge < -0.3 is 4.52 Å². The standard InChI is InChI=1S/C5H10IO4P/c1-3-9-11(7,8)10-5(2)4-6/h4H,3H2,1-2H3,(H,7,8)/b5-4+. The van der Waals surface area contributed by atoms with E-state index in [2.05, 4.69) is 9.05 Å². The summed E-state index contributed by atoms with van der Waals surface area (Å²) in [7, 11) is -3.84. The molecule has 66 valence electrons. The van der Waals surface area contributed by atoms with Crippen LogP contribution in [0.1, 0.15) is 13.8 Å². The Hall–Kier alpha value is 0.420. The monoisotopic (exact) mass is 292 g/mol. The third-order valence-electron chi connectivity index (χ3n) is 0.705. The topological polar surface area (TPSA) is 55.8 Å². The molecule has 0 saturated heterocycles. The second-order valence-electron chi connectivity index (χ2n) is 1.70. The molecule has 4 nitrogen and oxygen atoms in total. The van der Waals surface area contributed by atoms with Crippen molar-refractivity contribution in [3.8, 4) is 0 Å². The summed E-state index contributed by atoms with van der Waals surface area (Å²) in [5.74, 6) is 0.366. The molecule has 0 aromatic carbocycles. The smallest absolute Gasteiger partial charge is 0.408 e. The third kappa shape index (κ3) is 5.66. The van der Waals surface area contributed by atoms with Crippen LogP contribution < -0.4 is 0 Å². The maximum Gasteiger partial charge on any atom is 0.527 e. The number of hydrogen-bond donors (Lipinski definition) is 1. The molecule has 0 amide bonds. The fourth-order valence-corrected chi connectivity index (χ4v) is 1.52. The molecule has 1 unspecified atom stereocenters. The highest BCUT2D eigenvalue weighted by Crippen LogP contribution is 2.45. The van der Waals surface area contributed by atoms with Crippen molar-refractivity contribution < 1.29 is 18.5 Å². The van der Waals surface area contributed by atoms with Gasteiger partial charge in [-0.2, -0.15) is 0 Å². The molecule has 0 aliphatic rings. The Kier molecular flexibility index (Phi) is 5.33. The first-order valence-electron chi connectivity index (χ1n) is 2.95. The van der Waals surface area contributed by atoms with Crippen LogP contribution in [-0.4, -0.2) is 11.5 Å². The number of allylic oxidation sites excluding steroid dienone is 1. The summed E-state index contributed by atoms with van der Waals surface area (Å²) in [5.41, 5.74) is 0. The summed E-state index contributed by atoms with van der Waals surface area (Å²) >= 11 is 1.91. The van der Waals surface area contributed by atoms with Gasteiger partial charge >= 0.3 is 7.82 Å². The van der Waals surface area contributed by atoms with Gasteiger partial charge in [-0.1, -0.05) is 0 Å². The van der Waals surface area contributed by atoms with Crippen LogP contribution in [0.2, 0.25) is 0 Å². The Bertz CT molecular complexity index is 191. The normalized spacial score (nSPS) is 17.6. The number of halogens is 1. The number of phosphoric acid groups is 1. The molecule has 0 aliphatic heterocycles. The fraction of sp³-hybridized carbons (Fsp3) is 0.600. The summed E-state index contributed by atoms with van der Waals surface area (Å²) in [4.78, 5) is 8.88. The van der Waals surface area contributed by atoms with E-state index in [0.29, 0.717) is 5.76 Å². The van der Waals surface area contributed by atoms with Crippen molar-refractivity contribution in [2.75, 3.05) is 6.61 Å². The predicted octanol–water partition coefficient (Wildman–Crippen LogP) is 2.44. The lowest BCUT2D eigenvalue weighted by Gasteiger charge is -2.10. The van der Waals surface area contributed by atoms with Gasteiger partial charge in [0.15, 0.2) is 0 Å². The van der Waals surface area contributed by atoms with Crippen LogP contribution in [0.3, 0.4) is 0 Å². The largest absolute Gasteiger partial charge is 0.527 e. The Labute approximate surface area is 79.3 Å². The van der Waals surface area contributed by atoms with Gasteiger partial charge in [-0.05, 0) is 36.4 Å². The van der Waals surface area contributed by atoms with Crippen molar-refractivity contribution in [1.82, 2.24) is 0 Å². The molecule has 1 N–H and O–H groups in total. The van der Waals surface area contributed by atoms with Gasteiger partial charge in [-0.15, -0.1) is 0 Å². The van der Waals surface area contributed by atoms with E-state index >= 15 is 0 Å². The molecule has 6 heteroatoms. The van der Waals surface area contributed by atoms with E-state index in [1.54, 1.807) is 17.9 Å². The molecule has 0 aliphatic carbocycles. The van der Waals surface area contributed by atoms with E-state index in [-0.39, 0.29) is 6.61 Å². The van der Waals surface area contributed by atoms with Crippen molar-refractivity contribution in [3.05, 3.63) is 9.84 Å². The minimum Gasteiger partial charge on any atom is -0.408 e. The molecule has 0 fully saturated rings. The molecule has 0 saturated carbocycles. The van der Waals surface area contributed by atoms with E-state index in [0.717, 1.165) is 0 Å². The van der Waals surface area contributed by atoms with Crippen molar-refractivity contribution in [3.63, 3.8) is 0 Å². The van der Waals surface area contributed by atoms with E-state index in [4.69, 9.17) is 4.89 Å². The van der Waals surface area contributed by atoms with Crippen LogP contribution in [0.5, 0.6) is 0 Å². The predicted molar refractivity (Wildman–Crippen MR) is 50.3 cm³/mol. The lowest BCUT2D eigenvalue weighted by molar-refractivity contribution is 0.187. The summed E-state index contributed by atoms with van der Waals surface area (Å²) in [6, 6.07) is 0. The molecule has 0 spiro atoms. The number of hydrogen-bond acceptors (Lipinski definition) is 3. The van der Waals surface area contributed by atoms with Gasteiger partial charge in [-0.25, -0.2) is 4.57 Å². The first-order valence-corrected chi connectivity index (χ1v) is 5.70. The van der Waals surface area contributed by atoms with Crippen LogP contribution in [0.25, 0.3) is 0 Å². The van der Waals surface area contributed by atoms with Gasteiger partial charge in [0, 0.05) is 4.08 Å². The first-order chi connectivity index (χ1) is 5.02. The molecule has 11 heavy (non-hydrogen) atoms. The van der Waals surface area contributed by atoms with Crippen LogP contribution in [0.15, 0.2) is 9.84 Å². The summed E-state index contributed by atoms with van der Waals surface area (Å²) < 4.78 is 21.4. The maximum atomic E-state index is 10.9. The SMILES string of the molecule is CCOP(=O)(O)O/C(C)=C/I. The van der Waals surface area contributed by atoms with Crippen LogP contribution >= 0.6 is 30.4 Å². The van der Waals surface area contributed by atoms with Crippen molar-refractivity contribution in [2.24, 2.45) is 0 Å². The maximum absolute atomic E-state index is 10.9. The Morgan fingerprint density at radius 1 is 1.82 bits per heavy atom. The molecular weight excluding hydrogens is 282 g/mol. The van der Waals surface area contributed by atoms with E-state index in [9.17, 15) is 4.57 Å². The fourth-order valence-electron chi connectivity index (χ4n) is 0.391. The third-order valence-corrected chi connectivity index (χ3v) is 2.69. The molecular formula is C5H10IO4P.